The fourth-order valence-electron chi connectivity index (χ4n) is 5.02. The molecule has 4 rings (SSSR count). The molecule has 1 atom stereocenters. The van der Waals surface area contributed by atoms with E-state index in [-0.39, 0.29) is 0 Å². The van der Waals surface area contributed by atoms with Gasteiger partial charge in [0.2, 0.25) is 0 Å². The number of hydrogen-bond acceptors (Lipinski definition) is 3. The first-order chi connectivity index (χ1) is 14.7. The van der Waals surface area contributed by atoms with Crippen molar-refractivity contribution >= 4 is 5.82 Å². The summed E-state index contributed by atoms with van der Waals surface area (Å²) >= 11 is 0. The minimum atomic E-state index is 0.386. The third-order valence-corrected chi connectivity index (χ3v) is 6.83. The fourth-order valence-corrected chi connectivity index (χ4v) is 5.02. The second-order valence-corrected chi connectivity index (χ2v) is 8.75. The highest BCUT2D eigenvalue weighted by Gasteiger charge is 2.34. The summed E-state index contributed by atoms with van der Waals surface area (Å²) in [6.45, 7) is 6.74. The van der Waals surface area contributed by atoms with Crippen LogP contribution in [-0.2, 0) is 6.42 Å². The van der Waals surface area contributed by atoms with Gasteiger partial charge in [-0.05, 0) is 56.4 Å². The van der Waals surface area contributed by atoms with Crippen molar-refractivity contribution in [2.75, 3.05) is 18.0 Å². The highest BCUT2D eigenvalue weighted by atomic mass is 15.2. The average Bonchev–Trinajstić information content (AvgIpc) is 2.81. The highest BCUT2D eigenvalue weighted by Crippen LogP contribution is 2.40. The smallest absolute Gasteiger partial charge is 0.135 e. The Hall–Kier alpha value is -2.68. The van der Waals surface area contributed by atoms with Gasteiger partial charge in [-0.2, -0.15) is 0 Å². The van der Waals surface area contributed by atoms with Crippen LogP contribution in [0.25, 0.3) is 11.3 Å². The first kappa shape index (κ1) is 20.6. The van der Waals surface area contributed by atoms with E-state index < -0.39 is 0 Å². The van der Waals surface area contributed by atoms with Gasteiger partial charge in [-0.25, -0.2) is 9.97 Å². The Morgan fingerprint density at radius 2 is 1.70 bits per heavy atom. The zero-order chi connectivity index (χ0) is 20.8. The Bertz CT molecular complexity index is 939. The number of aromatic nitrogens is 2. The van der Waals surface area contributed by atoms with Crippen molar-refractivity contribution in [3.8, 4) is 11.3 Å². The summed E-state index contributed by atoms with van der Waals surface area (Å²) in [6.07, 6.45) is 9.24. The Kier molecular flexibility index (Phi) is 6.47. The Balaban J connectivity index is 1.50. The lowest BCUT2D eigenvalue weighted by atomic mass is 9.73. The van der Waals surface area contributed by atoms with Gasteiger partial charge in [0.15, 0.2) is 0 Å². The van der Waals surface area contributed by atoms with Gasteiger partial charge in [0.1, 0.15) is 12.1 Å². The molecule has 0 spiro atoms. The van der Waals surface area contributed by atoms with Crippen molar-refractivity contribution in [3.63, 3.8) is 0 Å². The Morgan fingerprint density at radius 3 is 2.43 bits per heavy atom. The largest absolute Gasteiger partial charge is 0.356 e. The van der Waals surface area contributed by atoms with Crippen LogP contribution < -0.4 is 4.90 Å². The van der Waals surface area contributed by atoms with Crippen molar-refractivity contribution in [2.24, 2.45) is 5.41 Å². The molecule has 2 heterocycles. The predicted octanol–water partition coefficient (Wildman–Crippen LogP) is 6.47. The van der Waals surface area contributed by atoms with E-state index in [0.29, 0.717) is 5.41 Å². The van der Waals surface area contributed by atoms with Gasteiger partial charge in [-0.3, -0.25) is 0 Å². The maximum absolute atomic E-state index is 4.73. The van der Waals surface area contributed by atoms with Crippen molar-refractivity contribution < 1.29 is 0 Å². The second kappa shape index (κ2) is 9.42. The van der Waals surface area contributed by atoms with Crippen molar-refractivity contribution in [3.05, 3.63) is 78.1 Å². The van der Waals surface area contributed by atoms with Crippen LogP contribution in [0.15, 0.2) is 67.0 Å². The average molecular weight is 400 g/mol. The van der Waals surface area contributed by atoms with E-state index in [1.165, 1.54) is 55.2 Å². The summed E-state index contributed by atoms with van der Waals surface area (Å²) < 4.78 is 0. The van der Waals surface area contributed by atoms with Gasteiger partial charge in [0, 0.05) is 24.2 Å². The van der Waals surface area contributed by atoms with Crippen molar-refractivity contribution in [1.29, 1.82) is 0 Å². The van der Waals surface area contributed by atoms with Gasteiger partial charge in [-0.15, -0.1) is 0 Å². The molecule has 1 aromatic heterocycles. The van der Waals surface area contributed by atoms with Crippen LogP contribution in [0.2, 0.25) is 0 Å². The van der Waals surface area contributed by atoms with Crippen LogP contribution in [0, 0.1) is 12.3 Å². The zero-order valence-corrected chi connectivity index (χ0v) is 18.3. The molecule has 156 valence electrons. The number of benzene rings is 2. The minimum Gasteiger partial charge on any atom is -0.356 e. The summed E-state index contributed by atoms with van der Waals surface area (Å²) in [7, 11) is 0. The van der Waals surface area contributed by atoms with E-state index >= 15 is 0 Å². The van der Waals surface area contributed by atoms with Crippen LogP contribution in [0.4, 0.5) is 5.82 Å². The molecule has 30 heavy (non-hydrogen) atoms. The predicted molar refractivity (Wildman–Crippen MR) is 126 cm³/mol. The van der Waals surface area contributed by atoms with Gasteiger partial charge in [0.25, 0.3) is 0 Å². The summed E-state index contributed by atoms with van der Waals surface area (Å²) in [5.41, 5.74) is 5.25. The minimum absolute atomic E-state index is 0.386. The van der Waals surface area contributed by atoms with Crippen LogP contribution in [-0.4, -0.2) is 23.1 Å². The SMILES string of the molecule is CCC1(CCCc2ccccc2)CCCN(c2ncnc(-c3ccccc3)c2C)C1. The second-order valence-electron chi connectivity index (χ2n) is 8.75. The summed E-state index contributed by atoms with van der Waals surface area (Å²) in [5.74, 6) is 1.12. The first-order valence-electron chi connectivity index (χ1n) is 11.4. The van der Waals surface area contributed by atoms with Gasteiger partial charge >= 0.3 is 0 Å². The van der Waals surface area contributed by atoms with Crippen LogP contribution >= 0.6 is 0 Å². The molecular formula is C27H33N3. The summed E-state index contributed by atoms with van der Waals surface area (Å²) in [6, 6.07) is 21.4. The molecule has 0 saturated carbocycles. The Labute approximate surface area is 181 Å². The van der Waals surface area contributed by atoms with E-state index in [1.54, 1.807) is 6.33 Å². The third-order valence-electron chi connectivity index (χ3n) is 6.83. The lowest BCUT2D eigenvalue weighted by molar-refractivity contribution is 0.198. The number of nitrogens with zero attached hydrogens (tertiary/aromatic N) is 3. The molecule has 3 nitrogen and oxygen atoms in total. The normalized spacial score (nSPS) is 19.1. The maximum Gasteiger partial charge on any atom is 0.135 e. The topological polar surface area (TPSA) is 29.0 Å². The van der Waals surface area contributed by atoms with E-state index in [2.05, 4.69) is 84.4 Å². The standard InChI is InChI=1S/C27H33N3/c1-3-27(17-10-14-23-12-6-4-7-13-23)18-11-19-30(20-27)26-22(2)25(28-21-29-26)24-15-8-5-9-16-24/h4-9,12-13,15-16,21H,3,10-11,14,17-20H2,1-2H3. The molecule has 3 heteroatoms. The lowest BCUT2D eigenvalue weighted by Crippen LogP contribution is -2.44. The molecule has 0 N–H and O–H groups in total. The summed E-state index contributed by atoms with van der Waals surface area (Å²) in [5, 5.41) is 0. The number of rotatable bonds is 7. The molecule has 1 fully saturated rings. The van der Waals surface area contributed by atoms with Crippen molar-refractivity contribution in [2.45, 2.75) is 52.4 Å². The number of aryl methyl sites for hydroxylation is 1. The van der Waals surface area contributed by atoms with Gasteiger partial charge in [0.05, 0.1) is 5.69 Å². The molecule has 1 saturated heterocycles. The van der Waals surface area contributed by atoms with Gasteiger partial charge in [-0.1, -0.05) is 67.6 Å². The molecule has 1 unspecified atom stereocenters. The zero-order valence-electron chi connectivity index (χ0n) is 18.3. The monoisotopic (exact) mass is 399 g/mol. The molecule has 3 aromatic rings. The Morgan fingerprint density at radius 1 is 0.967 bits per heavy atom. The third kappa shape index (κ3) is 4.56. The molecule has 1 aliphatic heterocycles. The van der Waals surface area contributed by atoms with Gasteiger partial charge < -0.3 is 4.90 Å². The van der Waals surface area contributed by atoms with E-state index in [9.17, 15) is 0 Å². The number of piperidine rings is 1. The highest BCUT2D eigenvalue weighted by molar-refractivity contribution is 5.68. The van der Waals surface area contributed by atoms with E-state index in [1.807, 2.05) is 0 Å². The fraction of sp³-hybridized carbons (Fsp3) is 0.407. The molecule has 0 bridgehead atoms. The molecular weight excluding hydrogens is 366 g/mol. The molecule has 1 aliphatic rings. The van der Waals surface area contributed by atoms with Crippen LogP contribution in [0.1, 0.15) is 50.2 Å². The molecule has 0 amide bonds. The van der Waals surface area contributed by atoms with Crippen LogP contribution in [0.5, 0.6) is 0 Å². The molecule has 0 aliphatic carbocycles. The van der Waals surface area contributed by atoms with Crippen molar-refractivity contribution in [1.82, 2.24) is 9.97 Å². The maximum atomic E-state index is 4.73. The first-order valence-corrected chi connectivity index (χ1v) is 11.4. The van der Waals surface area contributed by atoms with E-state index in [0.717, 1.165) is 24.6 Å². The lowest BCUT2D eigenvalue weighted by Gasteiger charge is -2.43. The molecule has 0 radical (unpaired) electrons. The summed E-state index contributed by atoms with van der Waals surface area (Å²) in [4.78, 5) is 11.9. The van der Waals surface area contributed by atoms with Crippen LogP contribution in [0.3, 0.4) is 0 Å². The molecule has 2 aromatic carbocycles. The quantitative estimate of drug-likeness (QED) is 0.456. The van der Waals surface area contributed by atoms with E-state index in [4.69, 9.17) is 4.98 Å². The number of hydrogen-bond donors (Lipinski definition) is 0. The number of anilines is 1.